The highest BCUT2D eigenvalue weighted by Crippen LogP contribution is 2.47. The average molecular weight is 646 g/mol. The molecule has 0 bridgehead atoms. The zero-order chi connectivity index (χ0) is 33.2. The fraction of sp³-hybridized carbons (Fsp3) is 0.412. The van der Waals surface area contributed by atoms with Gasteiger partial charge in [0.2, 0.25) is 5.91 Å². The molecule has 1 aliphatic rings. The molecule has 0 saturated heterocycles. The van der Waals surface area contributed by atoms with E-state index >= 15 is 0 Å². The Bertz CT molecular complexity index is 1660. The van der Waals surface area contributed by atoms with Crippen molar-refractivity contribution in [2.75, 3.05) is 33.0 Å². The van der Waals surface area contributed by atoms with Crippen LogP contribution in [0, 0.1) is 0 Å². The van der Waals surface area contributed by atoms with Crippen molar-refractivity contribution >= 4 is 22.8 Å². The predicted octanol–water partition coefficient (Wildman–Crippen LogP) is 2.19. The lowest BCUT2D eigenvalue weighted by Gasteiger charge is -2.18. The van der Waals surface area contributed by atoms with Gasteiger partial charge in [0.1, 0.15) is 11.0 Å². The Morgan fingerprint density at radius 2 is 1.89 bits per heavy atom. The molecule has 3 aromatic carbocycles. The van der Waals surface area contributed by atoms with Crippen molar-refractivity contribution in [3.63, 3.8) is 0 Å². The van der Waals surface area contributed by atoms with Crippen LogP contribution in [0.3, 0.4) is 0 Å². The van der Waals surface area contributed by atoms with Crippen molar-refractivity contribution < 1.29 is 29.0 Å². The third kappa shape index (κ3) is 8.70. The summed E-state index contributed by atoms with van der Waals surface area (Å²) in [6, 6.07) is 19.1. The summed E-state index contributed by atoms with van der Waals surface area (Å²) in [6.45, 7) is 1.72. The van der Waals surface area contributed by atoms with Crippen molar-refractivity contribution in [2.45, 2.75) is 57.5 Å². The van der Waals surface area contributed by atoms with E-state index in [0.717, 1.165) is 45.5 Å². The fourth-order valence-electron chi connectivity index (χ4n) is 5.81. The minimum Gasteiger partial charge on any atom is -0.365 e. The number of amides is 2. The van der Waals surface area contributed by atoms with Crippen LogP contribution in [0.5, 0.6) is 0 Å². The number of benzene rings is 3. The van der Waals surface area contributed by atoms with Gasteiger partial charge in [-0.25, -0.2) is 0 Å². The van der Waals surface area contributed by atoms with Gasteiger partial charge in [0, 0.05) is 37.0 Å². The molecule has 13 nitrogen and oxygen atoms in total. The largest absolute Gasteiger partial charge is 0.365 e. The first kappa shape index (κ1) is 33.9. The van der Waals surface area contributed by atoms with Gasteiger partial charge in [-0.3, -0.25) is 9.59 Å². The number of nitrogens with one attached hydrogen (secondary N) is 2. The van der Waals surface area contributed by atoms with Gasteiger partial charge in [0.05, 0.1) is 19.9 Å². The summed E-state index contributed by atoms with van der Waals surface area (Å²) in [5, 5.41) is 24.5. The molecule has 3 atom stereocenters. The minimum absolute atomic E-state index is 0.0242. The number of carbonyl (C=O) groups excluding carboxylic acids is 2. The highest BCUT2D eigenvalue weighted by molar-refractivity contribution is 6.03. The molecule has 1 aromatic heterocycles. The van der Waals surface area contributed by atoms with Gasteiger partial charge in [-0.05, 0) is 83.8 Å². The third-order valence-corrected chi connectivity index (χ3v) is 8.07. The Morgan fingerprint density at radius 3 is 2.72 bits per heavy atom. The number of hydrogen-bond donors (Lipinski definition) is 5. The molecule has 0 radical (unpaired) electrons. The van der Waals surface area contributed by atoms with Crippen molar-refractivity contribution in [2.24, 2.45) is 11.5 Å². The standard InChI is InChI=1S/C34H43N7O6/c1-22(36)7-6-16-37-31(42)13-4-8-23-14-15-25-27(19-23)28(20-46-34(44)47-41-30-12-3-2-11-29(30)39-40-41)24-9-5-10-26(32(24)25)33(43)38-17-18-45-21-35/h2-3,5,9-12,14-15,19,22,28,34,44H,4,6-8,13,16-18,20-21,35-36H2,1H3,(H,37,42)(H,38,43). The molecule has 0 saturated carbocycles. The van der Waals surface area contributed by atoms with Crippen LogP contribution in [0.1, 0.15) is 65.6 Å². The number of fused-ring (bicyclic) bond motifs is 4. The number of para-hydroxylation sites is 1. The summed E-state index contributed by atoms with van der Waals surface area (Å²) >= 11 is 0. The summed E-state index contributed by atoms with van der Waals surface area (Å²) < 4.78 is 11.0. The molecule has 5 rings (SSSR count). The highest BCUT2D eigenvalue weighted by Gasteiger charge is 2.33. The van der Waals surface area contributed by atoms with Gasteiger partial charge >= 0.3 is 6.48 Å². The molecule has 4 aromatic rings. The Kier molecular flexibility index (Phi) is 11.9. The van der Waals surface area contributed by atoms with Gasteiger partial charge in [0.15, 0.2) is 0 Å². The summed E-state index contributed by atoms with van der Waals surface area (Å²) in [7, 11) is 0. The zero-order valence-electron chi connectivity index (χ0n) is 26.6. The van der Waals surface area contributed by atoms with Crippen LogP contribution in [0.4, 0.5) is 0 Å². The maximum absolute atomic E-state index is 13.3. The number of aliphatic hydroxyl groups excluding tert-OH is 1. The van der Waals surface area contributed by atoms with E-state index in [1.165, 1.54) is 0 Å². The summed E-state index contributed by atoms with van der Waals surface area (Å²) in [4.78, 5) is 32.3. The Hall–Kier alpha value is -4.40. The van der Waals surface area contributed by atoms with E-state index in [-0.39, 0.29) is 37.1 Å². The number of hydrogen-bond acceptors (Lipinski definition) is 10. The first-order valence-corrected chi connectivity index (χ1v) is 16.0. The average Bonchev–Trinajstić information content (AvgIpc) is 3.62. The van der Waals surface area contributed by atoms with Crippen molar-refractivity contribution in [1.29, 1.82) is 0 Å². The van der Waals surface area contributed by atoms with E-state index in [4.69, 9.17) is 25.8 Å². The SMILES string of the molecule is CC(N)CCCNC(=O)CCCc1ccc2c(c1)C(COC(O)On1nnc3ccccc31)c1cccc(C(=O)NCCOCN)c1-2. The van der Waals surface area contributed by atoms with E-state index in [9.17, 15) is 14.7 Å². The molecule has 1 aliphatic carbocycles. The van der Waals surface area contributed by atoms with Crippen molar-refractivity contribution in [3.8, 4) is 11.1 Å². The number of aromatic nitrogens is 3. The fourth-order valence-corrected chi connectivity index (χ4v) is 5.81. The number of aryl methyl sites for hydroxylation is 1. The van der Waals surface area contributed by atoms with Crippen LogP contribution in [0.2, 0.25) is 0 Å². The van der Waals surface area contributed by atoms with E-state index in [2.05, 4.69) is 27.0 Å². The van der Waals surface area contributed by atoms with Gasteiger partial charge in [-0.2, -0.15) is 0 Å². The molecule has 7 N–H and O–H groups in total. The number of ether oxygens (including phenoxy) is 2. The Morgan fingerprint density at radius 1 is 1.04 bits per heavy atom. The van der Waals surface area contributed by atoms with Gasteiger partial charge in [-0.1, -0.05) is 47.3 Å². The highest BCUT2D eigenvalue weighted by atomic mass is 16.9. The first-order chi connectivity index (χ1) is 22.9. The smallest absolute Gasteiger partial charge is 0.337 e. The lowest BCUT2D eigenvalue weighted by molar-refractivity contribution is -0.267. The number of carbonyl (C=O) groups is 2. The van der Waals surface area contributed by atoms with E-state index in [1.807, 2.05) is 43.3 Å². The Labute approximate surface area is 273 Å². The monoisotopic (exact) mass is 645 g/mol. The number of aliphatic hydroxyl groups is 1. The quantitative estimate of drug-likeness (QED) is 0.0793. The molecule has 47 heavy (non-hydrogen) atoms. The van der Waals surface area contributed by atoms with Crippen LogP contribution in [0.15, 0.2) is 60.7 Å². The first-order valence-electron chi connectivity index (χ1n) is 16.0. The van der Waals surface area contributed by atoms with Crippen LogP contribution in [-0.2, 0) is 20.7 Å². The molecule has 1 heterocycles. The maximum atomic E-state index is 13.3. The second-order valence-corrected chi connectivity index (χ2v) is 11.6. The molecule has 0 spiro atoms. The lowest BCUT2D eigenvalue weighted by Crippen LogP contribution is -2.30. The van der Waals surface area contributed by atoms with Crippen LogP contribution >= 0.6 is 0 Å². The second-order valence-electron chi connectivity index (χ2n) is 11.6. The molecule has 13 heteroatoms. The van der Waals surface area contributed by atoms with E-state index in [1.54, 1.807) is 18.2 Å². The molecule has 2 amide bonds. The number of rotatable bonds is 18. The van der Waals surface area contributed by atoms with E-state index < -0.39 is 6.48 Å². The molecule has 3 unspecified atom stereocenters. The molecular weight excluding hydrogens is 602 g/mol. The van der Waals surface area contributed by atoms with Gasteiger partial charge < -0.3 is 41.5 Å². The number of nitrogens with two attached hydrogens (primary N) is 2. The molecular formula is C34H43N7O6. The molecule has 250 valence electrons. The third-order valence-electron chi connectivity index (χ3n) is 8.07. The van der Waals surface area contributed by atoms with Crippen LogP contribution in [0.25, 0.3) is 22.2 Å². The van der Waals surface area contributed by atoms with Crippen LogP contribution < -0.4 is 26.9 Å². The zero-order valence-corrected chi connectivity index (χ0v) is 26.6. The van der Waals surface area contributed by atoms with Crippen LogP contribution in [-0.4, -0.2) is 77.6 Å². The molecule has 0 fully saturated rings. The summed E-state index contributed by atoms with van der Waals surface area (Å²) in [6.07, 6.45) is 3.53. The summed E-state index contributed by atoms with van der Waals surface area (Å²) in [5.74, 6) is -0.504. The lowest BCUT2D eigenvalue weighted by atomic mass is 9.95. The van der Waals surface area contributed by atoms with Crippen molar-refractivity contribution in [3.05, 3.63) is 82.9 Å². The summed E-state index contributed by atoms with van der Waals surface area (Å²) in [5.41, 5.74) is 17.5. The number of nitrogens with zero attached hydrogens (tertiary/aromatic N) is 3. The molecule has 0 aliphatic heterocycles. The topological polar surface area (TPSA) is 189 Å². The minimum atomic E-state index is -1.63. The second kappa shape index (κ2) is 16.4. The maximum Gasteiger partial charge on any atom is 0.337 e. The van der Waals surface area contributed by atoms with Gasteiger partial charge in [-0.15, -0.1) is 5.10 Å². The normalized spacial score (nSPS) is 14.8. The van der Waals surface area contributed by atoms with Gasteiger partial charge in [0.25, 0.3) is 5.91 Å². The predicted molar refractivity (Wildman–Crippen MR) is 176 cm³/mol. The van der Waals surface area contributed by atoms with Crippen molar-refractivity contribution in [1.82, 2.24) is 25.8 Å². The van der Waals surface area contributed by atoms with E-state index in [0.29, 0.717) is 55.6 Å². The Balaban J connectivity index is 1.31.